The molecule has 2 N–H and O–H groups in total. The van der Waals surface area contributed by atoms with Crippen LogP contribution in [-0.4, -0.2) is 43.1 Å². The number of nitrogens with zero attached hydrogens (tertiary/aromatic N) is 4. The van der Waals surface area contributed by atoms with Gasteiger partial charge >= 0.3 is 0 Å². The van der Waals surface area contributed by atoms with Gasteiger partial charge in [0.25, 0.3) is 0 Å². The van der Waals surface area contributed by atoms with Crippen molar-refractivity contribution in [2.45, 2.75) is 90.9 Å². The number of rotatable bonds is 20. The van der Waals surface area contributed by atoms with E-state index in [2.05, 4.69) is 218 Å². The van der Waals surface area contributed by atoms with Crippen molar-refractivity contribution in [1.82, 2.24) is 29.9 Å². The Morgan fingerprint density at radius 1 is 0.293 bits per heavy atom. The van der Waals surface area contributed by atoms with Crippen molar-refractivity contribution < 1.29 is 9.47 Å². The number of benzene rings is 6. The minimum atomic E-state index is 0.696. The number of ether oxygens (including phenoxy) is 2. The summed E-state index contributed by atoms with van der Waals surface area (Å²) in [4.78, 5) is 29.9. The molecule has 8 nitrogen and oxygen atoms in total. The van der Waals surface area contributed by atoms with Gasteiger partial charge in [-0.1, -0.05) is 175 Å². The molecule has 0 saturated carbocycles. The van der Waals surface area contributed by atoms with Crippen LogP contribution < -0.4 is 9.47 Å². The molecule has 2 aliphatic heterocycles. The van der Waals surface area contributed by atoms with Crippen LogP contribution in [0.1, 0.15) is 114 Å². The second kappa shape index (κ2) is 23.9. The van der Waals surface area contributed by atoms with Crippen molar-refractivity contribution in [2.24, 2.45) is 0 Å². The van der Waals surface area contributed by atoms with Crippen molar-refractivity contribution in [2.75, 3.05) is 13.2 Å². The maximum Gasteiger partial charge on any atom is 0.119 e. The third-order valence-corrected chi connectivity index (χ3v) is 16.2. The van der Waals surface area contributed by atoms with E-state index in [0.717, 1.165) is 157 Å². The lowest BCUT2D eigenvalue weighted by Gasteiger charge is -2.13. The van der Waals surface area contributed by atoms with Gasteiger partial charge in [0, 0.05) is 77.0 Å². The molecule has 8 bridgehead atoms. The van der Waals surface area contributed by atoms with Crippen LogP contribution in [-0.2, 0) is 0 Å². The third-order valence-electron chi connectivity index (χ3n) is 16.2. The highest BCUT2D eigenvalue weighted by Crippen LogP contribution is 2.44. The van der Waals surface area contributed by atoms with Gasteiger partial charge in [-0.2, -0.15) is 0 Å². The van der Waals surface area contributed by atoms with Gasteiger partial charge in [0.05, 0.1) is 58.1 Å². The molecule has 8 heteroatoms. The van der Waals surface area contributed by atoms with E-state index in [1.165, 1.54) is 64.2 Å². The summed E-state index contributed by atoms with van der Waals surface area (Å²) in [5.41, 5.74) is 18.8. The Morgan fingerprint density at radius 3 is 0.951 bits per heavy atom. The number of hydrogen-bond acceptors (Lipinski definition) is 6. The number of H-pyrrole nitrogens is 2. The fraction of sp³-hybridized carbons (Fsp3) is 0.216. The number of unbranched alkanes of at least 4 members (excludes halogenated alkanes) is 10. The minimum Gasteiger partial charge on any atom is -0.494 e. The highest BCUT2D eigenvalue weighted by Gasteiger charge is 2.23. The van der Waals surface area contributed by atoms with Crippen molar-refractivity contribution in [1.29, 1.82) is 0 Å². The lowest BCUT2D eigenvalue weighted by molar-refractivity contribution is 0.304. The van der Waals surface area contributed by atoms with Crippen LogP contribution in [0.4, 0.5) is 0 Å². The Bertz CT molecular complexity index is 3990. The summed E-state index contributed by atoms with van der Waals surface area (Å²) in [5.74, 6) is 1.72. The lowest BCUT2D eigenvalue weighted by atomic mass is 9.95. The van der Waals surface area contributed by atoms with E-state index in [1.54, 1.807) is 0 Å². The van der Waals surface area contributed by atoms with Gasteiger partial charge in [-0.15, -0.1) is 0 Å². The highest BCUT2D eigenvalue weighted by atomic mass is 16.5. The molecule has 2 aliphatic rings. The molecule has 0 aliphatic carbocycles. The minimum absolute atomic E-state index is 0.696. The molecule has 0 unspecified atom stereocenters. The SMILES string of the molecule is CCCCCCCCOc1ccc(-c2c3nc(c(-c4c5ccccc5nc5ccccc45)c4ccc([nH]4)c(-c4ccc(OCCCCCCCC)cc4)c4nc(c(-c5c6ccccc6nc6ccccc56)c5ccc2[nH]5)C=C4)C=C3)cc1. The van der Waals surface area contributed by atoms with E-state index in [-0.39, 0.29) is 0 Å². The normalized spacial score (nSPS) is 12.1. The molecule has 0 spiro atoms. The molecular formula is C74H68N6O2. The number of aromatic nitrogens is 6. The maximum atomic E-state index is 6.37. The molecule has 0 fully saturated rings. The van der Waals surface area contributed by atoms with Crippen LogP contribution in [0.5, 0.6) is 11.5 Å². The van der Waals surface area contributed by atoms with Gasteiger partial charge in [-0.3, -0.25) is 0 Å². The zero-order valence-corrected chi connectivity index (χ0v) is 47.0. The lowest BCUT2D eigenvalue weighted by Crippen LogP contribution is -1.97. The summed E-state index contributed by atoms with van der Waals surface area (Å²) < 4.78 is 12.7. The van der Waals surface area contributed by atoms with E-state index in [0.29, 0.717) is 13.2 Å². The summed E-state index contributed by atoms with van der Waals surface area (Å²) in [6.07, 6.45) is 23.3. The largest absolute Gasteiger partial charge is 0.494 e. The standard InChI is InChI=1S/C74H68N6O2/c1-3-5-7-9-11-21-47-81-51-35-31-49(32-36-51)69-61-39-43-65(77-61)73(71-53-23-13-17-27-57(53)75-58-28-18-14-24-54(58)71)67-45-41-63(79-67)70(50-33-37-52(38-34-50)82-48-22-12-10-8-6-4-2)64-42-46-68(80-64)74(66-44-40-62(69)78-66)72-55-25-15-19-29-59(55)76-60-30-20-16-26-56(60)72/h13-20,23-46,77,80H,3-12,21-22,47-48H2,1-2H3. The Labute approximate surface area is 479 Å². The second-order valence-corrected chi connectivity index (χ2v) is 21.8. The Kier molecular flexibility index (Phi) is 15.2. The van der Waals surface area contributed by atoms with Gasteiger partial charge in [-0.05, 0) is 121 Å². The zero-order valence-electron chi connectivity index (χ0n) is 47.0. The van der Waals surface area contributed by atoms with Crippen LogP contribution in [0.15, 0.2) is 170 Å². The molecular weight excluding hydrogens is 1000 g/mol. The van der Waals surface area contributed by atoms with Crippen LogP contribution in [0, 0.1) is 0 Å². The van der Waals surface area contributed by atoms with Crippen LogP contribution in [0.2, 0.25) is 0 Å². The molecule has 7 heterocycles. The van der Waals surface area contributed by atoms with Gasteiger partial charge < -0.3 is 19.4 Å². The number of hydrogen-bond donors (Lipinski definition) is 2. The van der Waals surface area contributed by atoms with E-state index >= 15 is 0 Å². The number of para-hydroxylation sites is 4. The smallest absolute Gasteiger partial charge is 0.119 e. The maximum absolute atomic E-state index is 6.37. The van der Waals surface area contributed by atoms with Crippen molar-refractivity contribution in [3.63, 3.8) is 0 Å². The monoisotopic (exact) mass is 1070 g/mol. The molecule has 0 atom stereocenters. The fourth-order valence-electron chi connectivity index (χ4n) is 12.1. The average molecular weight is 1070 g/mol. The van der Waals surface area contributed by atoms with Crippen molar-refractivity contribution in [3.8, 4) is 56.0 Å². The molecule has 6 aromatic carbocycles. The van der Waals surface area contributed by atoms with Crippen molar-refractivity contribution >= 4 is 90.0 Å². The third kappa shape index (κ3) is 10.6. The Hall–Kier alpha value is -9.14. The summed E-state index contributed by atoms with van der Waals surface area (Å²) in [6, 6.07) is 59.8. The molecule has 0 saturated heterocycles. The predicted octanol–water partition coefficient (Wildman–Crippen LogP) is 20.2. The Balaban J connectivity index is 1.08. The van der Waals surface area contributed by atoms with E-state index in [9.17, 15) is 0 Å². The number of fused-ring (bicyclic) bond motifs is 12. The van der Waals surface area contributed by atoms with E-state index in [4.69, 9.17) is 29.4 Å². The van der Waals surface area contributed by atoms with Crippen LogP contribution >= 0.6 is 0 Å². The quantitative estimate of drug-likeness (QED) is 0.0582. The van der Waals surface area contributed by atoms with Crippen molar-refractivity contribution in [3.05, 3.63) is 193 Å². The molecule has 0 radical (unpaired) electrons. The summed E-state index contributed by atoms with van der Waals surface area (Å²) >= 11 is 0. The number of nitrogens with one attached hydrogen (secondary N) is 2. The summed E-state index contributed by atoms with van der Waals surface area (Å²) in [5, 5.41) is 4.18. The van der Waals surface area contributed by atoms with Crippen LogP contribution in [0.25, 0.3) is 134 Å². The highest BCUT2D eigenvalue weighted by molar-refractivity contribution is 6.16. The van der Waals surface area contributed by atoms with Crippen LogP contribution in [0.3, 0.4) is 0 Å². The second-order valence-electron chi connectivity index (χ2n) is 21.8. The molecule has 0 amide bonds. The van der Waals surface area contributed by atoms with Gasteiger partial charge in [0.1, 0.15) is 11.5 Å². The number of aromatic amines is 2. The molecule has 82 heavy (non-hydrogen) atoms. The van der Waals surface area contributed by atoms with Gasteiger partial charge in [0.2, 0.25) is 0 Å². The van der Waals surface area contributed by atoms with Gasteiger partial charge in [0.15, 0.2) is 0 Å². The first-order valence-corrected chi connectivity index (χ1v) is 29.8. The first kappa shape index (κ1) is 52.2. The fourth-order valence-corrected chi connectivity index (χ4v) is 12.1. The zero-order chi connectivity index (χ0) is 55.2. The number of pyridine rings is 2. The summed E-state index contributed by atoms with van der Waals surface area (Å²) in [7, 11) is 0. The van der Waals surface area contributed by atoms with E-state index in [1.807, 2.05) is 0 Å². The Morgan fingerprint density at radius 2 is 0.598 bits per heavy atom. The van der Waals surface area contributed by atoms with E-state index < -0.39 is 0 Å². The molecule has 13 rings (SSSR count). The van der Waals surface area contributed by atoms with Gasteiger partial charge in [-0.25, -0.2) is 19.9 Å². The first-order valence-electron chi connectivity index (χ1n) is 29.8. The predicted molar refractivity (Wildman–Crippen MR) is 344 cm³/mol. The molecule has 11 aromatic rings. The molecule has 5 aromatic heterocycles. The molecule has 406 valence electrons. The first-order chi connectivity index (χ1) is 40.6. The summed E-state index contributed by atoms with van der Waals surface area (Å²) in [6.45, 7) is 5.91. The topological polar surface area (TPSA) is 102 Å². The average Bonchev–Trinajstić information content (AvgIpc) is 4.33.